The van der Waals surface area contributed by atoms with Crippen molar-refractivity contribution in [2.45, 2.75) is 12.6 Å². The summed E-state index contributed by atoms with van der Waals surface area (Å²) in [4.78, 5) is 32.4. The number of rotatable bonds is 6. The number of hydrogen-bond donors (Lipinski definition) is 2. The van der Waals surface area contributed by atoms with Crippen molar-refractivity contribution in [2.24, 2.45) is 5.73 Å². The number of aromatic nitrogens is 4. The highest BCUT2D eigenvalue weighted by Crippen LogP contribution is 2.38. The highest BCUT2D eigenvalue weighted by molar-refractivity contribution is 6.09. The summed E-state index contributed by atoms with van der Waals surface area (Å²) in [5, 5.41) is 7.56. The lowest BCUT2D eigenvalue weighted by atomic mass is 10.0. The molecule has 0 atom stereocenters. The molecule has 0 saturated heterocycles. The third-order valence-electron chi connectivity index (χ3n) is 5.81. The van der Waals surface area contributed by atoms with Gasteiger partial charge in [0.05, 0.1) is 28.8 Å². The molecule has 3 aromatic carbocycles. The molecule has 3 N–H and O–H groups in total. The monoisotopic (exact) mass is 534 g/mol. The number of nitrogens with two attached hydrogens (primary N) is 1. The Labute approximate surface area is 218 Å². The minimum Gasteiger partial charge on any atom is -0.369 e. The Morgan fingerprint density at radius 3 is 2.33 bits per heavy atom. The molecule has 0 fully saturated rings. The molecule has 39 heavy (non-hydrogen) atoms. The number of anilines is 1. The number of nitrogens with one attached hydrogen (secondary N) is 1. The van der Waals surface area contributed by atoms with Gasteiger partial charge in [-0.25, -0.2) is 19.0 Å². The number of para-hydroxylation sites is 1. The third-order valence-corrected chi connectivity index (χ3v) is 5.81. The smallest absolute Gasteiger partial charge is 0.369 e. The molecule has 8 nitrogen and oxygen atoms in total. The second kappa shape index (κ2) is 9.97. The number of fused-ring (bicyclic) bond motifs is 1. The van der Waals surface area contributed by atoms with Gasteiger partial charge in [0.25, 0.3) is 5.91 Å². The number of hydrogen-bond acceptors (Lipinski definition) is 5. The maximum Gasteiger partial charge on any atom is 0.417 e. The van der Waals surface area contributed by atoms with Crippen LogP contribution in [0.15, 0.2) is 79.1 Å². The van der Waals surface area contributed by atoms with Crippen molar-refractivity contribution in [3.8, 4) is 17.1 Å². The lowest BCUT2D eigenvalue weighted by Crippen LogP contribution is -2.18. The van der Waals surface area contributed by atoms with E-state index in [2.05, 4.69) is 20.4 Å². The van der Waals surface area contributed by atoms with Crippen LogP contribution in [0.4, 0.5) is 23.4 Å². The van der Waals surface area contributed by atoms with E-state index in [1.807, 2.05) is 0 Å². The summed E-state index contributed by atoms with van der Waals surface area (Å²) >= 11 is 0. The maximum absolute atomic E-state index is 15.0. The van der Waals surface area contributed by atoms with Gasteiger partial charge in [0.2, 0.25) is 5.91 Å². The molecule has 0 saturated carbocycles. The molecular weight excluding hydrogens is 516 g/mol. The fourth-order valence-electron chi connectivity index (χ4n) is 4.10. The Balaban J connectivity index is 1.62. The fraction of sp³-hybridized carbons (Fsp3) is 0.0741. The van der Waals surface area contributed by atoms with E-state index in [1.54, 1.807) is 48.5 Å². The van der Waals surface area contributed by atoms with Crippen LogP contribution in [0.2, 0.25) is 0 Å². The van der Waals surface area contributed by atoms with Crippen molar-refractivity contribution in [1.29, 1.82) is 0 Å². The van der Waals surface area contributed by atoms with E-state index in [1.165, 1.54) is 23.1 Å². The van der Waals surface area contributed by atoms with E-state index in [0.717, 1.165) is 6.07 Å². The zero-order chi connectivity index (χ0) is 27.7. The van der Waals surface area contributed by atoms with E-state index in [9.17, 15) is 27.2 Å². The van der Waals surface area contributed by atoms with Gasteiger partial charge in [0, 0.05) is 23.3 Å². The van der Waals surface area contributed by atoms with Gasteiger partial charge < -0.3 is 11.1 Å². The van der Waals surface area contributed by atoms with Gasteiger partial charge in [-0.05, 0) is 48.0 Å². The topological polar surface area (TPSA) is 116 Å². The lowest BCUT2D eigenvalue weighted by Gasteiger charge is -2.15. The molecule has 12 heteroatoms. The zero-order valence-electron chi connectivity index (χ0n) is 19.9. The van der Waals surface area contributed by atoms with Crippen molar-refractivity contribution >= 4 is 28.5 Å². The van der Waals surface area contributed by atoms with Crippen LogP contribution in [0.5, 0.6) is 0 Å². The van der Waals surface area contributed by atoms with E-state index >= 15 is 0 Å². The van der Waals surface area contributed by atoms with E-state index in [0.29, 0.717) is 22.2 Å². The molecule has 2 heterocycles. The fourth-order valence-corrected chi connectivity index (χ4v) is 4.10. The molecule has 0 aliphatic rings. The summed E-state index contributed by atoms with van der Waals surface area (Å²) < 4.78 is 57.5. The number of benzene rings is 3. The quantitative estimate of drug-likeness (QED) is 0.300. The number of amides is 2. The zero-order valence-corrected chi connectivity index (χ0v) is 19.9. The van der Waals surface area contributed by atoms with E-state index in [4.69, 9.17) is 5.73 Å². The second-order valence-electron chi connectivity index (χ2n) is 8.49. The Morgan fingerprint density at radius 2 is 1.67 bits per heavy atom. The largest absolute Gasteiger partial charge is 0.417 e. The molecule has 5 aromatic rings. The van der Waals surface area contributed by atoms with Gasteiger partial charge in [0.15, 0.2) is 5.82 Å². The summed E-state index contributed by atoms with van der Waals surface area (Å²) in [6, 6.07) is 16.0. The van der Waals surface area contributed by atoms with Gasteiger partial charge in [-0.3, -0.25) is 9.59 Å². The molecule has 0 spiro atoms. The Bertz CT molecular complexity index is 1700. The number of carbonyl (C=O) groups excluding carboxylic acids is 2. The Kier molecular flexibility index (Phi) is 6.52. The van der Waals surface area contributed by atoms with Gasteiger partial charge in [-0.1, -0.05) is 24.3 Å². The SMILES string of the molecule is NC(=O)Cc1ccc2c(NC(=O)c3cc(-c4ncccn4)c(C(F)(F)F)cc3F)n(-c3ccccc3)nc2c1. The number of nitrogens with zero attached hydrogens (tertiary/aromatic N) is 4. The molecule has 2 aromatic heterocycles. The first-order valence-electron chi connectivity index (χ1n) is 11.5. The second-order valence-corrected chi connectivity index (χ2v) is 8.49. The van der Waals surface area contributed by atoms with Gasteiger partial charge in [-0.2, -0.15) is 18.3 Å². The highest BCUT2D eigenvalue weighted by Gasteiger charge is 2.36. The highest BCUT2D eigenvalue weighted by atomic mass is 19.4. The van der Waals surface area contributed by atoms with Crippen molar-refractivity contribution in [2.75, 3.05) is 5.32 Å². The van der Waals surface area contributed by atoms with E-state index in [-0.39, 0.29) is 24.1 Å². The minimum atomic E-state index is -4.92. The average Bonchev–Trinajstić information content (AvgIpc) is 3.26. The predicted octanol–water partition coefficient (Wildman–Crippen LogP) is 4.92. The van der Waals surface area contributed by atoms with Crippen LogP contribution in [-0.2, 0) is 17.4 Å². The van der Waals surface area contributed by atoms with E-state index < -0.39 is 40.5 Å². The molecular formula is C27H18F4N6O2. The van der Waals surface area contributed by atoms with Crippen molar-refractivity contribution in [3.63, 3.8) is 0 Å². The lowest BCUT2D eigenvalue weighted by molar-refractivity contribution is -0.137. The molecule has 2 amide bonds. The first-order valence-corrected chi connectivity index (χ1v) is 11.5. The van der Waals surface area contributed by atoms with Gasteiger partial charge in [0.1, 0.15) is 11.6 Å². The number of carbonyl (C=O) groups is 2. The van der Waals surface area contributed by atoms with Crippen LogP contribution in [-0.4, -0.2) is 31.6 Å². The molecule has 0 radical (unpaired) electrons. The summed E-state index contributed by atoms with van der Waals surface area (Å²) in [7, 11) is 0. The molecule has 0 aliphatic heterocycles. The number of alkyl halides is 3. The predicted molar refractivity (Wildman–Crippen MR) is 134 cm³/mol. The molecule has 5 rings (SSSR count). The number of primary amides is 1. The first-order chi connectivity index (χ1) is 18.6. The molecule has 0 bridgehead atoms. The van der Waals surface area contributed by atoms with Crippen molar-refractivity contribution in [1.82, 2.24) is 19.7 Å². The van der Waals surface area contributed by atoms with Gasteiger partial charge >= 0.3 is 6.18 Å². The Hall–Kier alpha value is -5.13. The maximum atomic E-state index is 15.0. The van der Waals surface area contributed by atoms with Crippen molar-refractivity contribution in [3.05, 3.63) is 102 Å². The molecule has 0 aliphatic carbocycles. The Morgan fingerprint density at radius 1 is 0.949 bits per heavy atom. The standard InChI is InChI=1S/C27H18F4N6O2/c28-21-14-20(27(29,30)31)18(24-33-9-4-10-34-24)13-19(21)26(39)35-25-17-8-7-15(12-23(32)38)11-22(17)36-37(25)16-5-2-1-3-6-16/h1-11,13-14H,12H2,(H2,32,38)(H,35,39). The summed E-state index contributed by atoms with van der Waals surface area (Å²) in [5.41, 5.74) is 4.32. The van der Waals surface area contributed by atoms with Crippen LogP contribution in [0.25, 0.3) is 28.0 Å². The third kappa shape index (κ3) is 5.17. The van der Waals surface area contributed by atoms with Crippen LogP contribution >= 0.6 is 0 Å². The molecule has 196 valence electrons. The normalized spacial score (nSPS) is 11.5. The van der Waals surface area contributed by atoms with Crippen LogP contribution < -0.4 is 11.1 Å². The van der Waals surface area contributed by atoms with Gasteiger partial charge in [-0.15, -0.1) is 0 Å². The first kappa shape index (κ1) is 25.5. The summed E-state index contributed by atoms with van der Waals surface area (Å²) in [6.07, 6.45) is -2.47. The van der Waals surface area contributed by atoms with Crippen LogP contribution in [0.3, 0.4) is 0 Å². The average molecular weight is 534 g/mol. The summed E-state index contributed by atoms with van der Waals surface area (Å²) in [5.74, 6) is -3.11. The molecule has 0 unspecified atom stereocenters. The van der Waals surface area contributed by atoms with Crippen LogP contribution in [0, 0.1) is 5.82 Å². The number of halogens is 4. The minimum absolute atomic E-state index is 0.0308. The summed E-state index contributed by atoms with van der Waals surface area (Å²) in [6.45, 7) is 0. The van der Waals surface area contributed by atoms with Crippen molar-refractivity contribution < 1.29 is 27.2 Å². The van der Waals surface area contributed by atoms with Crippen LogP contribution in [0.1, 0.15) is 21.5 Å².